The number of nitrogens with zero attached hydrogens (tertiary/aromatic N) is 1. The zero-order chi connectivity index (χ0) is 12.8. The zero-order valence-corrected chi connectivity index (χ0v) is 9.74. The van der Waals surface area contributed by atoms with Crippen LogP contribution in [-0.2, 0) is 9.32 Å². The number of nitro benzene ring substituents is 1. The fourth-order valence-electron chi connectivity index (χ4n) is 1.11. The Labute approximate surface area is 98.6 Å². The molecule has 17 heavy (non-hydrogen) atoms. The summed E-state index contributed by atoms with van der Waals surface area (Å²) in [6, 6.07) is 5.46. The Morgan fingerprint density at radius 2 is 2.06 bits per heavy atom. The Morgan fingerprint density at radius 1 is 1.41 bits per heavy atom. The van der Waals surface area contributed by atoms with Gasteiger partial charge in [-0.3, -0.25) is 14.9 Å². The molecule has 0 aliphatic rings. The molecule has 0 aliphatic heterocycles. The van der Waals surface area contributed by atoms with Crippen molar-refractivity contribution in [3.05, 3.63) is 39.9 Å². The summed E-state index contributed by atoms with van der Waals surface area (Å²) in [7, 11) is 1.74. The lowest BCUT2D eigenvalue weighted by Gasteiger charge is -2.04. The van der Waals surface area contributed by atoms with Gasteiger partial charge in [-0.05, 0) is 6.07 Å². The summed E-state index contributed by atoms with van der Waals surface area (Å²) in [4.78, 5) is 32.3. The molecule has 8 heteroatoms. The lowest BCUT2D eigenvalue weighted by Crippen LogP contribution is -2.29. The number of nitro groups is 1. The predicted molar refractivity (Wildman–Crippen MR) is 61.2 cm³/mol. The second kappa shape index (κ2) is 5.91. The Morgan fingerprint density at radius 3 is 2.65 bits per heavy atom. The van der Waals surface area contributed by atoms with E-state index in [2.05, 4.69) is 9.84 Å². The first-order valence-corrected chi connectivity index (χ1v) is 4.94. The molecule has 1 aromatic carbocycles. The molecule has 0 aromatic heterocycles. The minimum absolute atomic E-state index is 0.103. The normalized spacial score (nSPS) is 9.47. The van der Waals surface area contributed by atoms with Crippen LogP contribution in [0.4, 0.5) is 5.69 Å². The van der Waals surface area contributed by atoms with E-state index in [9.17, 15) is 19.7 Å². The van der Waals surface area contributed by atoms with Crippen molar-refractivity contribution >= 4 is 27.0 Å². The van der Waals surface area contributed by atoms with E-state index in [1.54, 1.807) is 9.47 Å². The molecule has 1 N–H and O–H groups in total. The number of carbonyl (C=O) groups excluding carboxylic acids is 2. The standard InChI is InChI=1S/C9H9N2O5P/c12-8(16-17)5-10-9(13)6-3-1-2-4-7(6)11(14)15/h1-4H,5,17H2,(H,10,13). The summed E-state index contributed by atoms with van der Waals surface area (Å²) in [5.74, 6) is -1.37. The number of para-hydroxylation sites is 1. The van der Waals surface area contributed by atoms with Crippen LogP contribution in [0.2, 0.25) is 0 Å². The number of hydrogen-bond donors (Lipinski definition) is 1. The summed E-state index contributed by atoms with van der Waals surface area (Å²) in [6.07, 6.45) is 0. The van der Waals surface area contributed by atoms with Gasteiger partial charge in [-0.25, -0.2) is 4.79 Å². The van der Waals surface area contributed by atoms with E-state index in [0.29, 0.717) is 0 Å². The number of nitrogens with one attached hydrogen (secondary N) is 1. The monoisotopic (exact) mass is 256 g/mol. The summed E-state index contributed by atoms with van der Waals surface area (Å²) in [5, 5.41) is 12.9. The van der Waals surface area contributed by atoms with E-state index in [-0.39, 0.29) is 17.8 Å². The quantitative estimate of drug-likeness (QED) is 0.484. The van der Waals surface area contributed by atoms with E-state index in [4.69, 9.17) is 0 Å². The van der Waals surface area contributed by atoms with E-state index in [1.165, 1.54) is 24.3 Å². The maximum Gasteiger partial charge on any atom is 0.327 e. The van der Waals surface area contributed by atoms with Gasteiger partial charge in [-0.1, -0.05) is 12.1 Å². The van der Waals surface area contributed by atoms with Crippen LogP contribution in [0.5, 0.6) is 0 Å². The lowest BCUT2D eigenvalue weighted by molar-refractivity contribution is -0.385. The van der Waals surface area contributed by atoms with Crippen LogP contribution in [0.15, 0.2) is 24.3 Å². The Bertz CT molecular complexity index is 462. The fraction of sp³-hybridized carbons (Fsp3) is 0.111. The van der Waals surface area contributed by atoms with Crippen LogP contribution in [0.1, 0.15) is 10.4 Å². The summed E-state index contributed by atoms with van der Waals surface area (Å²) < 4.78 is 4.24. The topological polar surface area (TPSA) is 98.5 Å². The van der Waals surface area contributed by atoms with Crippen molar-refractivity contribution < 1.29 is 19.0 Å². The molecular formula is C9H9N2O5P. The van der Waals surface area contributed by atoms with Crippen molar-refractivity contribution in [2.24, 2.45) is 0 Å². The predicted octanol–water partition coefficient (Wildman–Crippen LogP) is 0.658. The molecule has 1 rings (SSSR count). The van der Waals surface area contributed by atoms with Gasteiger partial charge < -0.3 is 9.84 Å². The molecule has 7 nitrogen and oxygen atoms in total. The van der Waals surface area contributed by atoms with E-state index >= 15 is 0 Å². The van der Waals surface area contributed by atoms with Crippen molar-refractivity contribution in [1.29, 1.82) is 0 Å². The van der Waals surface area contributed by atoms with Gasteiger partial charge in [0.15, 0.2) is 0 Å². The van der Waals surface area contributed by atoms with Gasteiger partial charge in [0.25, 0.3) is 11.6 Å². The van der Waals surface area contributed by atoms with Crippen LogP contribution >= 0.6 is 9.47 Å². The second-order valence-electron chi connectivity index (χ2n) is 2.95. The maximum atomic E-state index is 11.6. The summed E-state index contributed by atoms with van der Waals surface area (Å²) in [5.41, 5.74) is -0.418. The van der Waals surface area contributed by atoms with Gasteiger partial charge in [0.1, 0.15) is 12.1 Å². The number of amides is 1. The first kappa shape index (κ1) is 13.1. The Kier molecular flexibility index (Phi) is 4.54. The molecule has 0 heterocycles. The highest BCUT2D eigenvalue weighted by molar-refractivity contribution is 7.10. The molecule has 0 fully saturated rings. The first-order valence-electron chi connectivity index (χ1n) is 4.47. The molecule has 0 saturated heterocycles. The highest BCUT2D eigenvalue weighted by Gasteiger charge is 2.19. The third-order valence-electron chi connectivity index (χ3n) is 1.87. The van der Waals surface area contributed by atoms with Crippen LogP contribution in [0.25, 0.3) is 0 Å². The van der Waals surface area contributed by atoms with Crippen LogP contribution in [-0.4, -0.2) is 23.3 Å². The molecular weight excluding hydrogens is 247 g/mol. The lowest BCUT2D eigenvalue weighted by atomic mass is 10.1. The van der Waals surface area contributed by atoms with E-state index in [1.807, 2.05) is 0 Å². The van der Waals surface area contributed by atoms with Crippen LogP contribution in [0.3, 0.4) is 0 Å². The third-order valence-corrected chi connectivity index (χ3v) is 2.13. The average Bonchev–Trinajstić information content (AvgIpc) is 2.35. The Balaban J connectivity index is 2.82. The SMILES string of the molecule is O=C(CNC(=O)c1ccccc1[N+](=O)[O-])OP. The van der Waals surface area contributed by atoms with Crippen molar-refractivity contribution in [1.82, 2.24) is 5.32 Å². The van der Waals surface area contributed by atoms with Gasteiger partial charge in [0, 0.05) is 6.07 Å². The second-order valence-corrected chi connectivity index (χ2v) is 3.18. The van der Waals surface area contributed by atoms with Gasteiger partial charge in [0.05, 0.1) is 14.4 Å². The molecule has 1 unspecified atom stereocenters. The molecule has 90 valence electrons. The van der Waals surface area contributed by atoms with E-state index in [0.717, 1.165) is 0 Å². The number of carbonyl (C=O) groups is 2. The molecule has 1 amide bonds. The van der Waals surface area contributed by atoms with Crippen molar-refractivity contribution in [2.45, 2.75) is 0 Å². The summed E-state index contributed by atoms with van der Waals surface area (Å²) >= 11 is 0. The molecule has 0 aliphatic carbocycles. The van der Waals surface area contributed by atoms with Crippen LogP contribution in [0, 0.1) is 10.1 Å². The summed E-state index contributed by atoms with van der Waals surface area (Å²) in [6.45, 7) is -0.353. The number of benzene rings is 1. The molecule has 0 saturated carbocycles. The maximum absolute atomic E-state index is 11.6. The molecule has 0 bridgehead atoms. The van der Waals surface area contributed by atoms with Gasteiger partial charge in [0.2, 0.25) is 0 Å². The number of hydrogen-bond acceptors (Lipinski definition) is 5. The van der Waals surface area contributed by atoms with Crippen molar-refractivity contribution in [2.75, 3.05) is 6.54 Å². The van der Waals surface area contributed by atoms with E-state index < -0.39 is 16.8 Å². The average molecular weight is 256 g/mol. The minimum atomic E-state index is -0.701. The molecule has 0 spiro atoms. The van der Waals surface area contributed by atoms with Gasteiger partial charge in [-0.2, -0.15) is 0 Å². The molecule has 1 atom stereocenters. The Hall–Kier alpha value is -2.01. The highest BCUT2D eigenvalue weighted by Crippen LogP contribution is 2.17. The first-order chi connectivity index (χ1) is 8.06. The fourth-order valence-corrected chi connectivity index (χ4v) is 1.20. The van der Waals surface area contributed by atoms with Crippen LogP contribution < -0.4 is 5.32 Å². The number of rotatable bonds is 4. The smallest absolute Gasteiger partial charge is 0.327 e. The molecule has 0 radical (unpaired) electrons. The van der Waals surface area contributed by atoms with Crippen molar-refractivity contribution in [3.8, 4) is 0 Å². The highest BCUT2D eigenvalue weighted by atomic mass is 31.0. The molecule has 1 aromatic rings. The van der Waals surface area contributed by atoms with Gasteiger partial charge in [-0.15, -0.1) is 0 Å². The van der Waals surface area contributed by atoms with Gasteiger partial charge >= 0.3 is 5.97 Å². The zero-order valence-electron chi connectivity index (χ0n) is 8.58. The largest absolute Gasteiger partial charge is 0.450 e. The van der Waals surface area contributed by atoms with Crippen molar-refractivity contribution in [3.63, 3.8) is 0 Å². The minimum Gasteiger partial charge on any atom is -0.450 e. The third kappa shape index (κ3) is 3.49.